The van der Waals surface area contributed by atoms with Crippen molar-refractivity contribution in [3.05, 3.63) is 206 Å². The Bertz CT molecular complexity index is 3420. The van der Waals surface area contributed by atoms with E-state index in [1.807, 2.05) is 12.4 Å². The first kappa shape index (κ1) is 33.8. The lowest BCUT2D eigenvalue weighted by Gasteiger charge is -2.35. The van der Waals surface area contributed by atoms with Crippen LogP contribution in [0.25, 0.3) is 54.9 Å². The van der Waals surface area contributed by atoms with Crippen molar-refractivity contribution in [2.75, 3.05) is 0 Å². The van der Waals surface area contributed by atoms with Gasteiger partial charge in [0.1, 0.15) is 22.8 Å². The van der Waals surface area contributed by atoms with Crippen molar-refractivity contribution in [2.45, 2.75) is 19.3 Å². The number of ether oxygens (including phenoxy) is 1. The molecule has 12 rings (SSSR count). The zero-order valence-electron chi connectivity index (χ0n) is 32.7. The molecule has 0 saturated heterocycles. The van der Waals surface area contributed by atoms with E-state index in [9.17, 15) is 0 Å². The number of nitrogens with zero attached hydrogens (tertiary/aromatic N) is 4. The van der Waals surface area contributed by atoms with E-state index >= 15 is 0 Å². The molecule has 59 heavy (non-hydrogen) atoms. The molecular weight excluding hydrogens is 737 g/mol. The summed E-state index contributed by atoms with van der Waals surface area (Å²) >= 11 is 0. The summed E-state index contributed by atoms with van der Waals surface area (Å²) in [7, 11) is -3.01. The first-order valence-corrected chi connectivity index (χ1v) is 22.2. The average molecular weight is 775 g/mol. The second-order valence-electron chi connectivity index (χ2n) is 16.2. The molecule has 0 unspecified atom stereocenters. The molecule has 5 nitrogen and oxygen atoms in total. The Morgan fingerprint density at radius 2 is 1.17 bits per heavy atom. The van der Waals surface area contributed by atoms with Gasteiger partial charge in [0.15, 0.2) is 8.07 Å². The van der Waals surface area contributed by atoms with Crippen LogP contribution in [0.3, 0.4) is 0 Å². The van der Waals surface area contributed by atoms with Gasteiger partial charge in [-0.2, -0.15) is 0 Å². The van der Waals surface area contributed by atoms with Gasteiger partial charge in [0, 0.05) is 57.0 Å². The van der Waals surface area contributed by atoms with Gasteiger partial charge >= 0.3 is 0 Å². The molecule has 0 atom stereocenters. The smallest absolute Gasteiger partial charge is 0.179 e. The summed E-state index contributed by atoms with van der Waals surface area (Å²) in [4.78, 5) is 10.3. The average Bonchev–Trinajstić information content (AvgIpc) is 3.92. The van der Waals surface area contributed by atoms with Crippen LogP contribution in [0.5, 0.6) is 11.5 Å². The van der Waals surface area contributed by atoms with E-state index in [0.29, 0.717) is 0 Å². The minimum absolute atomic E-state index is 0.279. The van der Waals surface area contributed by atoms with E-state index in [1.165, 1.54) is 37.1 Å². The van der Waals surface area contributed by atoms with Gasteiger partial charge in [-0.25, -0.2) is 9.97 Å². The SMILES string of the molecule is CC1(C)c2ccccc2Oc2c1cnc1c2c2ccccc2n1-c1cccc([Si](c2ccccc2)(c2ccccc2)c2ccc3c4ccccc4n4ccnc4c3c2)c1. The van der Waals surface area contributed by atoms with E-state index in [1.54, 1.807) is 0 Å². The van der Waals surface area contributed by atoms with Crippen molar-refractivity contribution >= 4 is 78.1 Å². The highest BCUT2D eigenvalue weighted by molar-refractivity contribution is 7.20. The number of imidazole rings is 1. The molecule has 0 aliphatic carbocycles. The number of pyridine rings is 2. The predicted molar refractivity (Wildman–Crippen MR) is 245 cm³/mol. The third kappa shape index (κ3) is 4.72. The number of aromatic nitrogens is 4. The highest BCUT2D eigenvalue weighted by Crippen LogP contribution is 2.51. The standard InChI is InChI=1S/C53H38N4OSi/c1-53(2)44-24-11-14-27-48(44)58-50-45(53)34-55-52-49(50)42-23-10-13-26-47(42)57(52)35-16-15-21-38(32-35)59(36-17-5-3-6-18-36,37-19-7-4-8-20-37)39-28-29-40-41-22-9-12-25-46(41)56-31-30-54-51(56)43(40)33-39/h3-34H,1-2H3. The fraction of sp³-hybridized carbons (Fsp3) is 0.0566. The third-order valence-electron chi connectivity index (χ3n) is 12.8. The maximum absolute atomic E-state index is 6.87. The molecular formula is C53H38N4OSi. The van der Waals surface area contributed by atoms with Crippen molar-refractivity contribution in [1.29, 1.82) is 0 Å². The highest BCUT2D eigenvalue weighted by atomic mass is 28.3. The van der Waals surface area contributed by atoms with Gasteiger partial charge in [0.2, 0.25) is 0 Å². The first-order chi connectivity index (χ1) is 29.0. The molecule has 4 aromatic heterocycles. The zero-order chi connectivity index (χ0) is 39.3. The molecule has 0 fully saturated rings. The van der Waals surface area contributed by atoms with Crippen LogP contribution in [0.15, 0.2) is 195 Å². The molecule has 1 aliphatic rings. The van der Waals surface area contributed by atoms with Crippen molar-refractivity contribution in [3.63, 3.8) is 0 Å². The van der Waals surface area contributed by atoms with Crippen LogP contribution in [0.2, 0.25) is 0 Å². The molecule has 5 heterocycles. The quantitative estimate of drug-likeness (QED) is 0.0994. The van der Waals surface area contributed by atoms with Gasteiger partial charge in [-0.3, -0.25) is 8.97 Å². The van der Waals surface area contributed by atoms with E-state index < -0.39 is 8.07 Å². The fourth-order valence-electron chi connectivity index (χ4n) is 10.1. The van der Waals surface area contributed by atoms with Crippen LogP contribution in [-0.2, 0) is 5.41 Å². The largest absolute Gasteiger partial charge is 0.456 e. The van der Waals surface area contributed by atoms with Gasteiger partial charge in [-0.1, -0.05) is 159 Å². The Morgan fingerprint density at radius 1 is 0.508 bits per heavy atom. The normalized spacial score (nSPS) is 13.5. The zero-order valence-corrected chi connectivity index (χ0v) is 33.7. The first-order valence-electron chi connectivity index (χ1n) is 20.2. The van der Waals surface area contributed by atoms with Crippen molar-refractivity contribution in [2.24, 2.45) is 0 Å². The van der Waals surface area contributed by atoms with Crippen LogP contribution in [0.1, 0.15) is 25.0 Å². The maximum atomic E-state index is 6.87. The summed E-state index contributed by atoms with van der Waals surface area (Å²) in [6, 6.07) is 64.4. The Balaban J connectivity index is 1.15. The second kappa shape index (κ2) is 12.6. The molecule has 0 radical (unpaired) electrons. The number of hydrogen-bond acceptors (Lipinski definition) is 3. The van der Waals surface area contributed by atoms with Crippen LogP contribution in [-0.4, -0.2) is 27.0 Å². The van der Waals surface area contributed by atoms with Gasteiger partial charge in [0.25, 0.3) is 0 Å². The minimum Gasteiger partial charge on any atom is -0.456 e. The van der Waals surface area contributed by atoms with Gasteiger partial charge in [-0.05, 0) is 56.5 Å². The predicted octanol–water partition coefficient (Wildman–Crippen LogP) is 9.94. The molecule has 0 saturated carbocycles. The Hall–Kier alpha value is -7.28. The maximum Gasteiger partial charge on any atom is 0.179 e. The van der Waals surface area contributed by atoms with E-state index in [2.05, 4.69) is 205 Å². The monoisotopic (exact) mass is 774 g/mol. The van der Waals surface area contributed by atoms with Crippen molar-refractivity contribution in [3.8, 4) is 17.2 Å². The summed E-state index contributed by atoms with van der Waals surface area (Å²) < 4.78 is 11.4. The molecule has 1 aliphatic heterocycles. The molecule has 11 aromatic rings. The van der Waals surface area contributed by atoms with Crippen molar-refractivity contribution in [1.82, 2.24) is 18.9 Å². The topological polar surface area (TPSA) is 44.4 Å². The number of rotatable bonds is 5. The summed E-state index contributed by atoms with van der Waals surface area (Å²) in [6.07, 6.45) is 6.03. The lowest BCUT2D eigenvalue weighted by molar-refractivity contribution is 0.422. The van der Waals surface area contributed by atoms with E-state index in [4.69, 9.17) is 14.7 Å². The highest BCUT2D eigenvalue weighted by Gasteiger charge is 2.42. The lowest BCUT2D eigenvalue weighted by atomic mass is 9.76. The molecule has 0 N–H and O–H groups in total. The minimum atomic E-state index is -3.01. The number of fused-ring (bicyclic) bond motifs is 12. The van der Waals surface area contributed by atoms with Crippen LogP contribution in [0, 0.1) is 0 Å². The Morgan fingerprint density at radius 3 is 1.97 bits per heavy atom. The second-order valence-corrected chi connectivity index (χ2v) is 20.0. The van der Waals surface area contributed by atoms with E-state index in [-0.39, 0.29) is 5.41 Å². The molecule has 0 bridgehead atoms. The number of hydrogen-bond donors (Lipinski definition) is 0. The molecule has 0 spiro atoms. The summed E-state index contributed by atoms with van der Waals surface area (Å²) in [5.41, 5.74) is 7.13. The van der Waals surface area contributed by atoms with Crippen LogP contribution < -0.4 is 25.5 Å². The number of benzene rings is 7. The molecule has 6 heteroatoms. The van der Waals surface area contributed by atoms with Crippen LogP contribution >= 0.6 is 0 Å². The van der Waals surface area contributed by atoms with Gasteiger partial charge in [-0.15, -0.1) is 0 Å². The van der Waals surface area contributed by atoms with E-state index in [0.717, 1.165) is 61.2 Å². The third-order valence-corrected chi connectivity index (χ3v) is 17.6. The molecule has 280 valence electrons. The summed E-state index contributed by atoms with van der Waals surface area (Å²) in [6.45, 7) is 4.54. The van der Waals surface area contributed by atoms with Gasteiger partial charge < -0.3 is 4.74 Å². The van der Waals surface area contributed by atoms with Gasteiger partial charge in [0.05, 0.1) is 16.4 Å². The summed E-state index contributed by atoms with van der Waals surface area (Å²) in [5, 5.41) is 10.9. The van der Waals surface area contributed by atoms with Crippen molar-refractivity contribution < 1.29 is 4.74 Å². The Labute approximate surface area is 342 Å². The molecule has 7 aromatic carbocycles. The fourth-order valence-corrected chi connectivity index (χ4v) is 14.9. The lowest BCUT2D eigenvalue weighted by Crippen LogP contribution is -2.74. The van der Waals surface area contributed by atoms with Crippen LogP contribution in [0.4, 0.5) is 0 Å². The molecule has 0 amide bonds. The number of para-hydroxylation sites is 3. The Kier molecular flexibility index (Phi) is 7.23. The summed E-state index contributed by atoms with van der Waals surface area (Å²) in [5.74, 6) is 1.78.